The highest BCUT2D eigenvalue weighted by molar-refractivity contribution is 5.81. The highest BCUT2D eigenvalue weighted by atomic mass is 16.1. The van der Waals surface area contributed by atoms with E-state index < -0.39 is 18.1 Å². The smallest absolute Gasteiger partial charge is 0.135 e. The van der Waals surface area contributed by atoms with Gasteiger partial charge in [0.1, 0.15) is 5.78 Å². The van der Waals surface area contributed by atoms with Crippen molar-refractivity contribution in [3.8, 4) is 0 Å². The molecule has 0 bridgehead atoms. The van der Waals surface area contributed by atoms with Gasteiger partial charge in [-0.05, 0) is 18.8 Å². The van der Waals surface area contributed by atoms with Crippen molar-refractivity contribution < 1.29 is 8.91 Å². The van der Waals surface area contributed by atoms with Crippen molar-refractivity contribution in [1.29, 1.82) is 0 Å². The van der Waals surface area contributed by atoms with Crippen LogP contribution in [0.25, 0.3) is 0 Å². The summed E-state index contributed by atoms with van der Waals surface area (Å²) in [5.74, 6) is -2.02. The molecule has 1 nitrogen and oxygen atoms in total. The third-order valence-corrected chi connectivity index (χ3v) is 1.72. The molecule has 1 fully saturated rings. The summed E-state index contributed by atoms with van der Waals surface area (Å²) < 4.78 is 22.6. The number of hydrogen-bond donors (Lipinski definition) is 0. The summed E-state index contributed by atoms with van der Waals surface area (Å²) >= 11 is 0. The molecular weight excluding hydrogens is 112 g/mol. The second-order valence-corrected chi connectivity index (χ2v) is 2.69. The number of Topliss-reactive ketones (excluding diaryl/α,β-unsaturated/α-hetero) is 1. The molecule has 1 rings (SSSR count). The van der Waals surface area contributed by atoms with Crippen molar-refractivity contribution in [2.75, 3.05) is 0 Å². The van der Waals surface area contributed by atoms with Gasteiger partial charge in [0.25, 0.3) is 0 Å². The number of rotatable bonds is 0. The molecule has 0 heterocycles. The molecule has 2 unspecified atom stereocenters. The van der Waals surface area contributed by atoms with Crippen LogP contribution in [0, 0.1) is 11.8 Å². The molecule has 1 heteroatoms. The van der Waals surface area contributed by atoms with E-state index in [4.69, 9.17) is 4.11 Å². The first-order chi connectivity index (χ1) is 5.28. The molecule has 0 saturated heterocycles. The molecule has 0 N–H and O–H groups in total. The van der Waals surface area contributed by atoms with E-state index >= 15 is 0 Å². The van der Waals surface area contributed by atoms with E-state index in [9.17, 15) is 4.79 Å². The molecule has 52 valence electrons. The molecule has 1 saturated carbocycles. The van der Waals surface area contributed by atoms with E-state index in [2.05, 4.69) is 0 Å². The zero-order valence-corrected chi connectivity index (χ0v) is 5.90. The second-order valence-electron chi connectivity index (χ2n) is 2.69. The van der Waals surface area contributed by atoms with Crippen LogP contribution in [0.1, 0.15) is 37.2 Å². The maximum atomic E-state index is 11.4. The van der Waals surface area contributed by atoms with Crippen molar-refractivity contribution in [3.63, 3.8) is 0 Å². The fourth-order valence-corrected chi connectivity index (χ4v) is 0.966. The lowest BCUT2D eigenvalue weighted by atomic mass is 9.83. The van der Waals surface area contributed by atoms with E-state index in [0.717, 1.165) is 0 Å². The molecule has 0 spiro atoms. The Morgan fingerprint density at radius 2 is 2.33 bits per heavy atom. The van der Waals surface area contributed by atoms with Gasteiger partial charge in [0.15, 0.2) is 0 Å². The average molecular weight is 129 g/mol. The predicted octanol–water partition coefficient (Wildman–Crippen LogP) is 2.01. The van der Waals surface area contributed by atoms with E-state index in [1.54, 1.807) is 6.92 Å². The quantitative estimate of drug-likeness (QED) is 0.489. The molecule has 0 amide bonds. The maximum absolute atomic E-state index is 11.4. The lowest BCUT2D eigenvalue weighted by Crippen LogP contribution is -2.20. The molecule has 0 aromatic carbocycles. The summed E-state index contributed by atoms with van der Waals surface area (Å²) in [6.07, 6.45) is -0.694. The highest BCUT2D eigenvalue weighted by Gasteiger charge is 2.21. The first kappa shape index (κ1) is 3.75. The van der Waals surface area contributed by atoms with Crippen LogP contribution in [0.3, 0.4) is 0 Å². The molecule has 0 radical (unpaired) electrons. The highest BCUT2D eigenvalue weighted by Crippen LogP contribution is 2.24. The van der Waals surface area contributed by atoms with Gasteiger partial charge in [-0.15, -0.1) is 0 Å². The van der Waals surface area contributed by atoms with Gasteiger partial charge in [-0.2, -0.15) is 0 Å². The van der Waals surface area contributed by atoms with Gasteiger partial charge in [-0.1, -0.05) is 13.8 Å². The van der Waals surface area contributed by atoms with Gasteiger partial charge < -0.3 is 0 Å². The second kappa shape index (κ2) is 2.51. The molecule has 9 heavy (non-hydrogen) atoms. The van der Waals surface area contributed by atoms with Crippen molar-refractivity contribution in [2.24, 2.45) is 11.8 Å². The zero-order chi connectivity index (χ0) is 9.57. The maximum Gasteiger partial charge on any atom is 0.135 e. The third kappa shape index (κ3) is 1.54. The molecule has 1 aliphatic rings. The minimum absolute atomic E-state index is 0.247. The molecule has 0 aromatic rings. The molecule has 1 aliphatic carbocycles. The van der Waals surface area contributed by atoms with Crippen LogP contribution in [0.4, 0.5) is 0 Å². The Morgan fingerprint density at radius 1 is 1.67 bits per heavy atom. The van der Waals surface area contributed by atoms with E-state index in [1.807, 2.05) is 0 Å². The van der Waals surface area contributed by atoms with E-state index in [0.29, 0.717) is 12.8 Å². The molecule has 0 aromatic heterocycles. The lowest BCUT2D eigenvalue weighted by molar-refractivity contribution is -0.125. The normalized spacial score (nSPS) is 55.6. The summed E-state index contributed by atoms with van der Waals surface area (Å²) in [4.78, 5) is 11.4. The Morgan fingerprint density at radius 3 is 2.89 bits per heavy atom. The van der Waals surface area contributed by atoms with Gasteiger partial charge >= 0.3 is 0 Å². The van der Waals surface area contributed by atoms with Gasteiger partial charge in [0.2, 0.25) is 0 Å². The average Bonchev–Trinajstić information content (AvgIpc) is 1.96. The fraction of sp³-hybridized carbons (Fsp3) is 0.875. The number of ketones is 1. The van der Waals surface area contributed by atoms with Crippen molar-refractivity contribution in [3.05, 3.63) is 0 Å². The van der Waals surface area contributed by atoms with Gasteiger partial charge in [-0.3, -0.25) is 4.79 Å². The largest absolute Gasteiger partial charge is 0.299 e. The Labute approximate surface area is 60.7 Å². The van der Waals surface area contributed by atoms with E-state index in [1.165, 1.54) is 6.92 Å². The summed E-state index contributed by atoms with van der Waals surface area (Å²) in [5.41, 5.74) is 0. The Kier molecular flexibility index (Phi) is 1.04. The number of carbonyl (C=O) groups excluding carboxylic acids is 1. The molecule has 2 atom stereocenters. The summed E-state index contributed by atoms with van der Waals surface area (Å²) in [6.45, 7) is 3.23. The molecule has 0 aliphatic heterocycles. The van der Waals surface area contributed by atoms with Crippen LogP contribution >= 0.6 is 0 Å². The van der Waals surface area contributed by atoms with Crippen LogP contribution < -0.4 is 0 Å². The summed E-state index contributed by atoms with van der Waals surface area (Å²) in [5, 5.41) is 0. The topological polar surface area (TPSA) is 17.1 Å². The standard InChI is InChI=1S/C8H14O/c1-6-3-4-7(2)8(9)5-6/h6-7H,3-5H2,1-2H3/i5D2,7D. The Balaban J connectivity index is 2.94. The van der Waals surface area contributed by atoms with Crippen molar-refractivity contribution >= 4 is 5.78 Å². The summed E-state index contributed by atoms with van der Waals surface area (Å²) in [6, 6.07) is 0. The Hall–Kier alpha value is -0.330. The SMILES string of the molecule is [2H]C1(C)CCC(C)C([2H])([2H])C1=O. The molecular formula is C8H14O. The van der Waals surface area contributed by atoms with Gasteiger partial charge in [0.05, 0.1) is 0 Å². The van der Waals surface area contributed by atoms with Gasteiger partial charge in [-0.25, -0.2) is 0 Å². The van der Waals surface area contributed by atoms with Crippen LogP contribution in [-0.4, -0.2) is 5.78 Å². The zero-order valence-electron chi connectivity index (χ0n) is 8.90. The van der Waals surface area contributed by atoms with E-state index in [-0.39, 0.29) is 5.92 Å². The predicted molar refractivity (Wildman–Crippen MR) is 37.2 cm³/mol. The van der Waals surface area contributed by atoms with Crippen LogP contribution in [0.2, 0.25) is 0 Å². The number of carbonyl (C=O) groups is 1. The minimum Gasteiger partial charge on any atom is -0.299 e. The van der Waals surface area contributed by atoms with Crippen LogP contribution in [0.15, 0.2) is 0 Å². The first-order valence-corrected chi connectivity index (χ1v) is 3.33. The monoisotopic (exact) mass is 129 g/mol. The van der Waals surface area contributed by atoms with Crippen molar-refractivity contribution in [2.45, 2.75) is 33.1 Å². The minimum atomic E-state index is -1.80. The number of hydrogen-bond acceptors (Lipinski definition) is 1. The summed E-state index contributed by atoms with van der Waals surface area (Å²) in [7, 11) is 0. The fourth-order valence-electron chi connectivity index (χ4n) is 0.966. The lowest BCUT2D eigenvalue weighted by Gasteiger charge is -2.21. The first-order valence-electron chi connectivity index (χ1n) is 4.83. The van der Waals surface area contributed by atoms with Crippen molar-refractivity contribution in [1.82, 2.24) is 0 Å². The third-order valence-electron chi connectivity index (χ3n) is 1.72. The van der Waals surface area contributed by atoms with Crippen LogP contribution in [-0.2, 0) is 4.79 Å². The van der Waals surface area contributed by atoms with Crippen LogP contribution in [0.5, 0.6) is 0 Å². The Bertz CT molecular complexity index is 210. The van der Waals surface area contributed by atoms with Gasteiger partial charge in [0, 0.05) is 16.4 Å².